The molecule has 0 bridgehead atoms. The molecule has 3 heterocycles. The maximum absolute atomic E-state index is 12.4. The van der Waals surface area contributed by atoms with Gasteiger partial charge in [-0.15, -0.1) is 0 Å². The maximum atomic E-state index is 12.4. The second-order valence-corrected chi connectivity index (χ2v) is 7.97. The van der Waals surface area contributed by atoms with Crippen LogP contribution in [0.4, 0.5) is 11.8 Å². The largest absolute Gasteiger partial charge is 0.378 e. The lowest BCUT2D eigenvalue weighted by atomic mass is 10.3. The molecule has 1 fully saturated rings. The number of rotatable bonds is 7. The summed E-state index contributed by atoms with van der Waals surface area (Å²) in [4.78, 5) is 11.1. The lowest BCUT2D eigenvalue weighted by Gasteiger charge is -2.28. The summed E-state index contributed by atoms with van der Waals surface area (Å²) in [5, 5.41) is 6.74. The van der Waals surface area contributed by atoms with Crippen molar-refractivity contribution in [2.24, 2.45) is 0 Å². The van der Waals surface area contributed by atoms with E-state index in [2.05, 4.69) is 30.1 Å². The van der Waals surface area contributed by atoms with Gasteiger partial charge in [-0.2, -0.15) is 4.98 Å². The third-order valence-corrected chi connectivity index (χ3v) is 5.82. The second kappa shape index (κ2) is 8.19. The zero-order valence-electron chi connectivity index (χ0n) is 15.7. The average Bonchev–Trinajstić information content (AvgIpc) is 2.98. The molecule has 148 valence electrons. The molecular weight excluding hydrogens is 372 g/mol. The zero-order valence-corrected chi connectivity index (χ0v) is 16.5. The summed E-state index contributed by atoms with van der Waals surface area (Å²) < 4.78 is 37.6. The topological polar surface area (TPSA) is 122 Å². The van der Waals surface area contributed by atoms with Crippen molar-refractivity contribution in [1.29, 1.82) is 0 Å². The number of aryl methyl sites for hydroxylation is 3. The molecule has 0 spiro atoms. The van der Waals surface area contributed by atoms with Crippen molar-refractivity contribution in [2.45, 2.75) is 25.7 Å². The van der Waals surface area contributed by atoms with Gasteiger partial charge in [0.15, 0.2) is 5.76 Å². The van der Waals surface area contributed by atoms with Gasteiger partial charge in [0.1, 0.15) is 16.4 Å². The minimum atomic E-state index is -3.68. The molecule has 0 aromatic carbocycles. The third kappa shape index (κ3) is 4.73. The number of morpholine rings is 1. The maximum Gasteiger partial charge on any atom is 0.246 e. The van der Waals surface area contributed by atoms with Crippen LogP contribution >= 0.6 is 0 Å². The lowest BCUT2D eigenvalue weighted by Crippen LogP contribution is -2.37. The number of nitrogens with one attached hydrogen (secondary N) is 2. The molecule has 0 aliphatic carbocycles. The van der Waals surface area contributed by atoms with E-state index >= 15 is 0 Å². The Kier molecular flexibility index (Phi) is 5.92. The van der Waals surface area contributed by atoms with Crippen LogP contribution in [-0.4, -0.2) is 62.9 Å². The molecule has 0 saturated carbocycles. The molecule has 27 heavy (non-hydrogen) atoms. The molecule has 11 heteroatoms. The molecule has 0 atom stereocenters. The second-order valence-electron chi connectivity index (χ2n) is 6.27. The highest BCUT2D eigenvalue weighted by Crippen LogP contribution is 2.18. The van der Waals surface area contributed by atoms with Crippen molar-refractivity contribution in [1.82, 2.24) is 19.8 Å². The fraction of sp³-hybridized carbons (Fsp3) is 0.562. The van der Waals surface area contributed by atoms with E-state index in [1.165, 1.54) is 0 Å². The van der Waals surface area contributed by atoms with Crippen LogP contribution in [0.25, 0.3) is 0 Å². The molecule has 1 saturated heterocycles. The summed E-state index contributed by atoms with van der Waals surface area (Å²) >= 11 is 0. The van der Waals surface area contributed by atoms with Gasteiger partial charge in [0.2, 0.25) is 16.0 Å². The molecule has 2 N–H and O–H groups in total. The molecule has 1 aliphatic heterocycles. The SMILES string of the molecule is Cc1cc(N2CCOCC2)nc(NCCNS(=O)(=O)c2c(C)noc2C)n1. The fourth-order valence-electron chi connectivity index (χ4n) is 2.88. The summed E-state index contributed by atoms with van der Waals surface area (Å²) in [6.45, 7) is 8.50. The van der Waals surface area contributed by atoms with E-state index in [4.69, 9.17) is 9.26 Å². The molecular formula is C16H24N6O4S. The molecule has 2 aromatic heterocycles. The summed E-state index contributed by atoms with van der Waals surface area (Å²) in [5.41, 5.74) is 1.18. The van der Waals surface area contributed by atoms with E-state index in [-0.39, 0.29) is 17.2 Å². The van der Waals surface area contributed by atoms with Gasteiger partial charge in [0, 0.05) is 37.9 Å². The molecule has 0 amide bonds. The van der Waals surface area contributed by atoms with Gasteiger partial charge < -0.3 is 19.5 Å². The summed E-state index contributed by atoms with van der Waals surface area (Å²) in [5.74, 6) is 1.57. The quantitative estimate of drug-likeness (QED) is 0.648. The summed E-state index contributed by atoms with van der Waals surface area (Å²) in [7, 11) is -3.68. The van der Waals surface area contributed by atoms with Gasteiger partial charge in [0.25, 0.3) is 0 Å². The first-order valence-corrected chi connectivity index (χ1v) is 10.2. The molecule has 0 radical (unpaired) electrons. The van der Waals surface area contributed by atoms with Gasteiger partial charge in [-0.25, -0.2) is 18.1 Å². The number of hydrogen-bond donors (Lipinski definition) is 2. The van der Waals surface area contributed by atoms with Crippen molar-refractivity contribution < 1.29 is 17.7 Å². The average molecular weight is 396 g/mol. The molecule has 3 rings (SSSR count). The number of sulfonamides is 1. The highest BCUT2D eigenvalue weighted by molar-refractivity contribution is 7.89. The number of aromatic nitrogens is 3. The van der Waals surface area contributed by atoms with Gasteiger partial charge in [-0.3, -0.25) is 0 Å². The number of nitrogens with zero attached hydrogens (tertiary/aromatic N) is 4. The van der Waals surface area contributed by atoms with Crippen LogP contribution in [-0.2, 0) is 14.8 Å². The first-order valence-electron chi connectivity index (χ1n) is 8.71. The van der Waals surface area contributed by atoms with E-state index in [0.29, 0.717) is 31.4 Å². The first-order chi connectivity index (χ1) is 12.9. The van der Waals surface area contributed by atoms with Crippen LogP contribution in [0, 0.1) is 20.8 Å². The van der Waals surface area contributed by atoms with Crippen LogP contribution in [0.1, 0.15) is 17.1 Å². The highest BCUT2D eigenvalue weighted by Gasteiger charge is 2.23. The van der Waals surface area contributed by atoms with E-state index in [9.17, 15) is 8.42 Å². The minimum Gasteiger partial charge on any atom is -0.378 e. The van der Waals surface area contributed by atoms with Crippen LogP contribution in [0.3, 0.4) is 0 Å². The normalized spacial score (nSPS) is 15.1. The van der Waals surface area contributed by atoms with E-state index in [1.807, 2.05) is 13.0 Å². The Labute approximate surface area is 158 Å². The van der Waals surface area contributed by atoms with Crippen molar-refractivity contribution >= 4 is 21.8 Å². The monoisotopic (exact) mass is 396 g/mol. The Hall–Kier alpha value is -2.24. The van der Waals surface area contributed by atoms with Crippen LogP contribution in [0.5, 0.6) is 0 Å². The predicted molar refractivity (Wildman–Crippen MR) is 99.5 cm³/mol. The molecule has 2 aromatic rings. The fourth-order valence-corrected chi connectivity index (χ4v) is 4.23. The van der Waals surface area contributed by atoms with Crippen LogP contribution in [0.15, 0.2) is 15.5 Å². The Balaban J connectivity index is 1.58. The zero-order chi connectivity index (χ0) is 19.4. The smallest absolute Gasteiger partial charge is 0.246 e. The Bertz CT molecular complexity index is 873. The first kappa shape index (κ1) is 19.5. The van der Waals surface area contributed by atoms with Crippen molar-refractivity contribution in [3.8, 4) is 0 Å². The van der Waals surface area contributed by atoms with E-state index < -0.39 is 10.0 Å². The number of anilines is 2. The van der Waals surface area contributed by atoms with E-state index in [0.717, 1.165) is 24.6 Å². The Morgan fingerprint density at radius 1 is 1.15 bits per heavy atom. The van der Waals surface area contributed by atoms with Gasteiger partial charge in [-0.1, -0.05) is 5.16 Å². The summed E-state index contributed by atoms with van der Waals surface area (Å²) in [6.07, 6.45) is 0. The lowest BCUT2D eigenvalue weighted by molar-refractivity contribution is 0.122. The number of ether oxygens (including phenoxy) is 1. The Morgan fingerprint density at radius 3 is 2.56 bits per heavy atom. The minimum absolute atomic E-state index is 0.0870. The van der Waals surface area contributed by atoms with Gasteiger partial charge in [-0.05, 0) is 20.8 Å². The van der Waals surface area contributed by atoms with E-state index in [1.54, 1.807) is 13.8 Å². The standard InChI is InChI=1S/C16H24N6O4S/c1-11-10-14(22-6-8-25-9-7-22)20-16(19-11)17-4-5-18-27(23,24)15-12(2)21-26-13(15)3/h10,18H,4-9H2,1-3H3,(H,17,19,20). The third-order valence-electron chi connectivity index (χ3n) is 4.11. The van der Waals surface area contributed by atoms with Crippen LogP contribution in [0.2, 0.25) is 0 Å². The Morgan fingerprint density at radius 2 is 1.89 bits per heavy atom. The summed E-state index contributed by atoms with van der Waals surface area (Å²) in [6, 6.07) is 1.93. The molecule has 0 unspecified atom stereocenters. The van der Waals surface area contributed by atoms with Gasteiger partial charge >= 0.3 is 0 Å². The van der Waals surface area contributed by atoms with Crippen LogP contribution < -0.4 is 14.9 Å². The van der Waals surface area contributed by atoms with Crippen molar-refractivity contribution in [2.75, 3.05) is 49.6 Å². The number of hydrogen-bond acceptors (Lipinski definition) is 9. The van der Waals surface area contributed by atoms with Crippen molar-refractivity contribution in [3.63, 3.8) is 0 Å². The van der Waals surface area contributed by atoms with Crippen molar-refractivity contribution in [3.05, 3.63) is 23.2 Å². The molecule has 1 aliphatic rings. The predicted octanol–water partition coefficient (Wildman–Crippen LogP) is 0.617. The van der Waals surface area contributed by atoms with Gasteiger partial charge in [0.05, 0.1) is 13.2 Å². The molecule has 10 nitrogen and oxygen atoms in total. The highest BCUT2D eigenvalue weighted by atomic mass is 32.2.